The predicted octanol–water partition coefficient (Wildman–Crippen LogP) is -0.727. The predicted molar refractivity (Wildman–Crippen MR) is 65.5 cm³/mol. The zero-order chi connectivity index (χ0) is 14.5. The molecule has 6 nitrogen and oxygen atoms in total. The largest absolute Gasteiger partial charge is 0.460 e. The fourth-order valence-electron chi connectivity index (χ4n) is 0.825. The van der Waals surface area contributed by atoms with Crippen LogP contribution in [0.4, 0.5) is 0 Å². The summed E-state index contributed by atoms with van der Waals surface area (Å²) in [4.78, 5) is 22.0. The van der Waals surface area contributed by atoms with Crippen molar-refractivity contribution >= 4 is 11.9 Å². The van der Waals surface area contributed by atoms with Crippen molar-refractivity contribution in [2.45, 2.75) is 6.10 Å². The van der Waals surface area contributed by atoms with Gasteiger partial charge < -0.3 is 19.3 Å². The molecule has 0 rings (SSSR count). The molecule has 1 unspecified atom stereocenters. The monoisotopic (exact) mass is 266 g/mol. The van der Waals surface area contributed by atoms with Gasteiger partial charge in [0.05, 0.1) is 6.61 Å². The van der Waals surface area contributed by atoms with Crippen LogP contribution in [0.2, 0.25) is 0 Å². The van der Waals surface area contributed by atoms with E-state index in [2.05, 4.69) is 21.3 Å². The molecule has 0 spiro atoms. The van der Waals surface area contributed by atoms with Gasteiger partial charge in [0.2, 0.25) is 0 Å². The van der Waals surface area contributed by atoms with E-state index in [1.807, 2.05) is 0 Å². The molecule has 0 aliphatic carbocycles. The van der Waals surface area contributed by atoms with Crippen molar-refractivity contribution in [2.24, 2.45) is 0 Å². The molecule has 1 atom stereocenters. The maximum atomic E-state index is 11.1. The summed E-state index contributed by atoms with van der Waals surface area (Å²) in [5.74, 6) is 2.76. The average Bonchev–Trinajstić information content (AvgIpc) is 2.40. The van der Waals surface area contributed by atoms with Gasteiger partial charge in [-0.05, 0) is 0 Å². The van der Waals surface area contributed by atoms with Crippen molar-refractivity contribution in [1.82, 2.24) is 0 Å². The Morgan fingerprint density at radius 3 is 2.21 bits per heavy atom. The molecule has 0 aliphatic rings. The highest BCUT2D eigenvalue weighted by molar-refractivity contribution is 5.91. The Kier molecular flexibility index (Phi) is 9.55. The fraction of sp³-hybridized carbons (Fsp3) is 0.385. The quantitative estimate of drug-likeness (QED) is 0.270. The van der Waals surface area contributed by atoms with Crippen molar-refractivity contribution in [3.63, 3.8) is 0 Å². The number of hydrogen-bond donors (Lipinski definition) is 1. The second-order valence-electron chi connectivity index (χ2n) is 3.15. The number of ether oxygens (including phenoxy) is 3. The van der Waals surface area contributed by atoms with E-state index in [-0.39, 0.29) is 26.4 Å². The number of aliphatic hydroxyl groups excluding tert-OH is 1. The fourth-order valence-corrected chi connectivity index (χ4v) is 0.825. The molecule has 0 aromatic carbocycles. The van der Waals surface area contributed by atoms with Crippen molar-refractivity contribution in [2.75, 3.05) is 26.4 Å². The van der Waals surface area contributed by atoms with Gasteiger partial charge in [0.15, 0.2) is 6.61 Å². The molecule has 0 saturated carbocycles. The molecular formula is C13H14O6. The highest BCUT2D eigenvalue weighted by Gasteiger charge is 2.07. The number of terminal acetylenes is 2. The first kappa shape index (κ1) is 16.7. The van der Waals surface area contributed by atoms with E-state index < -0.39 is 18.0 Å². The van der Waals surface area contributed by atoms with Crippen molar-refractivity contribution in [3.05, 3.63) is 12.2 Å². The van der Waals surface area contributed by atoms with E-state index >= 15 is 0 Å². The summed E-state index contributed by atoms with van der Waals surface area (Å²) in [5.41, 5.74) is 0. The van der Waals surface area contributed by atoms with E-state index in [0.29, 0.717) is 0 Å². The maximum absolute atomic E-state index is 11.1. The first-order valence-electron chi connectivity index (χ1n) is 5.24. The van der Waals surface area contributed by atoms with E-state index in [4.69, 9.17) is 17.6 Å². The third-order valence-corrected chi connectivity index (χ3v) is 1.57. The molecule has 0 aromatic heterocycles. The normalized spacial score (nSPS) is 11.3. The lowest BCUT2D eigenvalue weighted by molar-refractivity contribution is -0.142. The van der Waals surface area contributed by atoms with Crippen LogP contribution in [-0.2, 0) is 23.8 Å². The number of carbonyl (C=O) groups excluding carboxylic acids is 2. The van der Waals surface area contributed by atoms with Crippen LogP contribution in [0.25, 0.3) is 0 Å². The summed E-state index contributed by atoms with van der Waals surface area (Å²) in [5, 5.41) is 9.31. The second-order valence-corrected chi connectivity index (χ2v) is 3.15. The Morgan fingerprint density at radius 1 is 1.05 bits per heavy atom. The molecule has 0 radical (unpaired) electrons. The van der Waals surface area contributed by atoms with Crippen LogP contribution in [0.1, 0.15) is 0 Å². The van der Waals surface area contributed by atoms with Crippen molar-refractivity contribution in [3.8, 4) is 24.7 Å². The standard InChI is InChI=1S/C13H14O6/c1-3-7-17-9-11(14)10-19-13(16)6-5-12(15)18-8-4-2/h1-2,5-6,11,14H,7-10H2/b6-5+. The zero-order valence-corrected chi connectivity index (χ0v) is 10.2. The maximum Gasteiger partial charge on any atom is 0.331 e. The van der Waals surface area contributed by atoms with Crippen LogP contribution >= 0.6 is 0 Å². The number of aliphatic hydroxyl groups is 1. The van der Waals surface area contributed by atoms with Crippen LogP contribution in [0.3, 0.4) is 0 Å². The topological polar surface area (TPSA) is 82.1 Å². The summed E-state index contributed by atoms with van der Waals surface area (Å²) in [7, 11) is 0. The number of rotatable bonds is 8. The Hall–Kier alpha value is -2.28. The van der Waals surface area contributed by atoms with Gasteiger partial charge in [0.25, 0.3) is 0 Å². The van der Waals surface area contributed by atoms with Gasteiger partial charge in [-0.1, -0.05) is 11.8 Å². The van der Waals surface area contributed by atoms with Gasteiger partial charge in [-0.2, -0.15) is 0 Å². The number of esters is 2. The Labute approximate surface area is 111 Å². The average molecular weight is 266 g/mol. The third-order valence-electron chi connectivity index (χ3n) is 1.57. The molecule has 0 aliphatic heterocycles. The van der Waals surface area contributed by atoms with Crippen LogP contribution in [0.5, 0.6) is 0 Å². The van der Waals surface area contributed by atoms with E-state index in [9.17, 15) is 14.7 Å². The molecule has 0 saturated heterocycles. The van der Waals surface area contributed by atoms with Crippen LogP contribution in [-0.4, -0.2) is 49.6 Å². The summed E-state index contributed by atoms with van der Waals surface area (Å²) < 4.78 is 13.9. The molecule has 0 fully saturated rings. The number of hydrogen-bond acceptors (Lipinski definition) is 6. The molecule has 0 bridgehead atoms. The van der Waals surface area contributed by atoms with Crippen LogP contribution in [0.15, 0.2) is 12.2 Å². The highest BCUT2D eigenvalue weighted by Crippen LogP contribution is 1.90. The minimum Gasteiger partial charge on any atom is -0.460 e. The van der Waals surface area contributed by atoms with Gasteiger partial charge in [0.1, 0.15) is 19.3 Å². The molecule has 19 heavy (non-hydrogen) atoms. The second kappa shape index (κ2) is 10.8. The van der Waals surface area contributed by atoms with Gasteiger partial charge in [-0.3, -0.25) is 0 Å². The highest BCUT2D eigenvalue weighted by atomic mass is 16.5. The van der Waals surface area contributed by atoms with Gasteiger partial charge in [0, 0.05) is 12.2 Å². The van der Waals surface area contributed by atoms with Gasteiger partial charge >= 0.3 is 11.9 Å². The van der Waals surface area contributed by atoms with E-state index in [0.717, 1.165) is 12.2 Å². The minimum absolute atomic E-state index is 0.0502. The summed E-state index contributed by atoms with van der Waals surface area (Å²) in [6.07, 6.45) is 10.6. The van der Waals surface area contributed by atoms with E-state index in [1.54, 1.807) is 0 Å². The minimum atomic E-state index is -0.987. The Bertz CT molecular complexity index is 398. The van der Waals surface area contributed by atoms with Gasteiger partial charge in [-0.15, -0.1) is 12.8 Å². The lowest BCUT2D eigenvalue weighted by Crippen LogP contribution is -2.23. The molecule has 102 valence electrons. The smallest absolute Gasteiger partial charge is 0.331 e. The Morgan fingerprint density at radius 2 is 1.63 bits per heavy atom. The first-order valence-corrected chi connectivity index (χ1v) is 5.24. The van der Waals surface area contributed by atoms with Crippen LogP contribution < -0.4 is 0 Å². The summed E-state index contributed by atoms with van der Waals surface area (Å²) >= 11 is 0. The molecule has 1 N–H and O–H groups in total. The van der Waals surface area contributed by atoms with Crippen LogP contribution in [0, 0.1) is 24.7 Å². The van der Waals surface area contributed by atoms with Gasteiger partial charge in [-0.25, -0.2) is 9.59 Å². The molecule has 0 heterocycles. The zero-order valence-electron chi connectivity index (χ0n) is 10.2. The third kappa shape index (κ3) is 10.6. The SMILES string of the molecule is C#CCOCC(O)COC(=O)/C=C/C(=O)OCC#C. The molecular weight excluding hydrogens is 252 g/mol. The number of carbonyl (C=O) groups is 2. The molecule has 6 heteroatoms. The summed E-state index contributed by atoms with van der Waals surface area (Å²) in [6, 6.07) is 0. The Balaban J connectivity index is 3.80. The lowest BCUT2D eigenvalue weighted by Gasteiger charge is -2.09. The molecule has 0 aromatic rings. The first-order chi connectivity index (χ1) is 9.10. The van der Waals surface area contributed by atoms with Crippen molar-refractivity contribution < 1.29 is 28.9 Å². The lowest BCUT2D eigenvalue weighted by atomic mass is 10.4. The molecule has 0 amide bonds. The van der Waals surface area contributed by atoms with Crippen molar-refractivity contribution in [1.29, 1.82) is 0 Å². The summed E-state index contributed by atoms with van der Waals surface area (Å²) in [6.45, 7) is -0.437. The van der Waals surface area contributed by atoms with E-state index in [1.165, 1.54) is 0 Å².